The second kappa shape index (κ2) is 7.53. The van der Waals surface area contributed by atoms with E-state index in [4.69, 9.17) is 5.26 Å². The molecule has 2 aromatic carbocycles. The van der Waals surface area contributed by atoms with Crippen LogP contribution in [0.3, 0.4) is 0 Å². The van der Waals surface area contributed by atoms with Gasteiger partial charge in [0.2, 0.25) is 0 Å². The minimum atomic E-state index is -4.45. The first-order valence-corrected chi connectivity index (χ1v) is 7.52. The van der Waals surface area contributed by atoms with Crippen molar-refractivity contribution in [2.24, 2.45) is 0 Å². The fourth-order valence-electron chi connectivity index (χ4n) is 1.94. The van der Waals surface area contributed by atoms with Crippen LogP contribution in [0.1, 0.15) is 22.0 Å². The quantitative estimate of drug-likeness (QED) is 0.632. The highest BCUT2D eigenvalue weighted by Gasteiger charge is 2.29. The van der Waals surface area contributed by atoms with Gasteiger partial charge in [-0.1, -0.05) is 6.07 Å². The number of benzene rings is 2. The van der Waals surface area contributed by atoms with E-state index in [1.807, 2.05) is 0 Å². The molecule has 0 saturated heterocycles. The van der Waals surface area contributed by atoms with Crippen LogP contribution < -0.4 is 5.32 Å². The van der Waals surface area contributed by atoms with Crippen molar-refractivity contribution in [3.05, 3.63) is 65.2 Å². The lowest BCUT2D eigenvalue weighted by Crippen LogP contribution is -2.28. The van der Waals surface area contributed by atoms with E-state index in [2.05, 4.69) is 5.32 Å². The number of alkyl halides is 3. The molecule has 2 rings (SSSR count). The molecule has 0 aliphatic carbocycles. The van der Waals surface area contributed by atoms with Crippen molar-refractivity contribution in [1.29, 1.82) is 5.26 Å². The molecule has 0 spiro atoms. The summed E-state index contributed by atoms with van der Waals surface area (Å²) >= 11 is -0.329. The number of rotatable bonds is 4. The molecular formula is C16H9F5N2OS. The number of nitriles is 1. The Kier molecular flexibility index (Phi) is 5.64. The van der Waals surface area contributed by atoms with Crippen molar-refractivity contribution in [3.63, 3.8) is 0 Å². The van der Waals surface area contributed by atoms with Crippen molar-refractivity contribution in [2.75, 3.05) is 0 Å². The molecule has 130 valence electrons. The summed E-state index contributed by atoms with van der Waals surface area (Å²) in [7, 11) is 0. The maximum atomic E-state index is 13.7. The summed E-state index contributed by atoms with van der Waals surface area (Å²) in [6.45, 7) is 0. The van der Waals surface area contributed by atoms with E-state index >= 15 is 0 Å². The van der Waals surface area contributed by atoms with E-state index in [-0.39, 0.29) is 27.8 Å². The van der Waals surface area contributed by atoms with Gasteiger partial charge >= 0.3 is 5.51 Å². The van der Waals surface area contributed by atoms with E-state index < -0.39 is 29.1 Å². The molecule has 0 aliphatic rings. The number of hydrogen-bond acceptors (Lipinski definition) is 3. The van der Waals surface area contributed by atoms with Crippen LogP contribution in [-0.2, 0) is 0 Å². The summed E-state index contributed by atoms with van der Waals surface area (Å²) in [5, 5.41) is 11.3. The third-order valence-electron chi connectivity index (χ3n) is 3.03. The third-order valence-corrected chi connectivity index (χ3v) is 3.77. The Morgan fingerprint density at radius 1 is 1.12 bits per heavy atom. The van der Waals surface area contributed by atoms with E-state index in [1.54, 1.807) is 6.07 Å². The fourth-order valence-corrected chi connectivity index (χ4v) is 2.48. The van der Waals surface area contributed by atoms with Gasteiger partial charge in [-0.2, -0.15) is 18.4 Å². The number of halogens is 5. The van der Waals surface area contributed by atoms with Crippen LogP contribution in [0.4, 0.5) is 22.0 Å². The highest BCUT2D eigenvalue weighted by molar-refractivity contribution is 8.00. The Labute approximate surface area is 143 Å². The van der Waals surface area contributed by atoms with Crippen molar-refractivity contribution < 1.29 is 26.7 Å². The molecular weight excluding hydrogens is 363 g/mol. The lowest BCUT2D eigenvalue weighted by molar-refractivity contribution is -0.0328. The average Bonchev–Trinajstić information content (AvgIpc) is 2.52. The van der Waals surface area contributed by atoms with E-state index in [0.717, 1.165) is 36.4 Å². The monoisotopic (exact) mass is 372 g/mol. The van der Waals surface area contributed by atoms with Crippen LogP contribution in [-0.4, -0.2) is 11.4 Å². The molecule has 9 heteroatoms. The second-order valence-corrected chi connectivity index (χ2v) is 5.91. The highest BCUT2D eigenvalue weighted by Crippen LogP contribution is 2.36. The number of thioether (sulfide) groups is 1. The van der Waals surface area contributed by atoms with Gasteiger partial charge in [0.1, 0.15) is 17.7 Å². The maximum absolute atomic E-state index is 13.7. The zero-order valence-corrected chi connectivity index (χ0v) is 13.1. The Morgan fingerprint density at radius 2 is 1.76 bits per heavy atom. The molecule has 0 saturated carbocycles. The average molecular weight is 372 g/mol. The molecule has 25 heavy (non-hydrogen) atoms. The summed E-state index contributed by atoms with van der Waals surface area (Å²) in [5.74, 6) is -2.61. The van der Waals surface area contributed by atoms with Crippen LogP contribution >= 0.6 is 11.8 Å². The number of nitrogens with one attached hydrogen (secondary N) is 1. The molecule has 0 aliphatic heterocycles. The smallest absolute Gasteiger partial charge is 0.332 e. The van der Waals surface area contributed by atoms with Gasteiger partial charge in [0.05, 0.1) is 6.07 Å². The molecule has 3 nitrogen and oxygen atoms in total. The molecule has 1 amide bonds. The first-order chi connectivity index (χ1) is 11.7. The van der Waals surface area contributed by atoms with Crippen LogP contribution in [0.2, 0.25) is 0 Å². The zero-order valence-electron chi connectivity index (χ0n) is 12.3. The van der Waals surface area contributed by atoms with Crippen LogP contribution in [0.25, 0.3) is 0 Å². The molecule has 0 fully saturated rings. The Bertz CT molecular complexity index is 815. The Morgan fingerprint density at radius 3 is 2.28 bits per heavy atom. The highest BCUT2D eigenvalue weighted by atomic mass is 32.2. The lowest BCUT2D eigenvalue weighted by atomic mass is 10.1. The summed E-state index contributed by atoms with van der Waals surface area (Å²) in [5.41, 5.74) is -4.67. The number of hydrogen-bond donors (Lipinski definition) is 1. The van der Waals surface area contributed by atoms with Crippen LogP contribution in [0.5, 0.6) is 0 Å². The van der Waals surface area contributed by atoms with Crippen LogP contribution in [0.15, 0.2) is 47.4 Å². The third kappa shape index (κ3) is 5.19. The standard InChI is InChI=1S/C16H9F5N2OS/c17-10-3-6-12(13(18)7-10)14(8-22)23-15(24)9-1-4-11(5-2-9)25-16(19,20)21/h1-7,14H,(H,23,24). The molecule has 1 atom stereocenters. The largest absolute Gasteiger partial charge is 0.446 e. The van der Waals surface area contributed by atoms with Crippen LogP contribution in [0, 0.1) is 23.0 Å². The van der Waals surface area contributed by atoms with Gasteiger partial charge in [-0.15, -0.1) is 0 Å². The first-order valence-electron chi connectivity index (χ1n) is 6.71. The van der Waals surface area contributed by atoms with Crippen molar-refractivity contribution in [1.82, 2.24) is 5.32 Å². The van der Waals surface area contributed by atoms with Crippen molar-refractivity contribution >= 4 is 17.7 Å². The molecule has 0 heterocycles. The molecule has 2 aromatic rings. The lowest BCUT2D eigenvalue weighted by Gasteiger charge is -2.13. The van der Waals surface area contributed by atoms with E-state index in [0.29, 0.717) is 6.07 Å². The van der Waals surface area contributed by atoms with Gasteiger partial charge in [-0.3, -0.25) is 4.79 Å². The minimum Gasteiger partial charge on any atom is -0.332 e. The topological polar surface area (TPSA) is 52.9 Å². The number of carbonyl (C=O) groups excluding carboxylic acids is 1. The number of amides is 1. The zero-order chi connectivity index (χ0) is 18.6. The van der Waals surface area contributed by atoms with Gasteiger partial charge < -0.3 is 5.32 Å². The first kappa shape index (κ1) is 18.7. The number of nitrogens with zero attached hydrogens (tertiary/aromatic N) is 1. The van der Waals surface area contributed by atoms with Gasteiger partial charge in [0.25, 0.3) is 5.91 Å². The summed E-state index contributed by atoms with van der Waals surface area (Å²) < 4.78 is 63.4. The molecule has 1 N–H and O–H groups in total. The van der Waals surface area contributed by atoms with Crippen molar-refractivity contribution in [3.8, 4) is 6.07 Å². The predicted molar refractivity (Wildman–Crippen MR) is 80.5 cm³/mol. The number of carbonyl (C=O) groups is 1. The fraction of sp³-hybridized carbons (Fsp3) is 0.125. The molecule has 1 unspecified atom stereocenters. The minimum absolute atomic E-state index is 0.00528. The summed E-state index contributed by atoms with van der Waals surface area (Å²) in [6, 6.07) is 7.36. The van der Waals surface area contributed by atoms with Gasteiger partial charge in [-0.05, 0) is 42.1 Å². The van der Waals surface area contributed by atoms with Gasteiger partial charge in [0.15, 0.2) is 0 Å². The summed E-state index contributed by atoms with van der Waals surface area (Å²) in [4.78, 5) is 12.0. The normalized spacial score (nSPS) is 12.3. The summed E-state index contributed by atoms with van der Waals surface area (Å²) in [6.07, 6.45) is 0. The Balaban J connectivity index is 2.13. The van der Waals surface area contributed by atoms with E-state index in [9.17, 15) is 26.7 Å². The SMILES string of the molecule is N#CC(NC(=O)c1ccc(SC(F)(F)F)cc1)c1ccc(F)cc1F. The predicted octanol–water partition coefficient (Wildman–Crippen LogP) is 4.57. The second-order valence-electron chi connectivity index (χ2n) is 4.77. The van der Waals surface area contributed by atoms with E-state index in [1.165, 1.54) is 0 Å². The molecule has 0 bridgehead atoms. The Hall–Kier alpha value is -2.60. The molecule has 0 radical (unpaired) electrons. The van der Waals surface area contributed by atoms with Gasteiger partial charge in [-0.25, -0.2) is 8.78 Å². The molecule has 0 aromatic heterocycles. The maximum Gasteiger partial charge on any atom is 0.446 e. The van der Waals surface area contributed by atoms with Crippen molar-refractivity contribution in [2.45, 2.75) is 16.4 Å². The van der Waals surface area contributed by atoms with Gasteiger partial charge in [0, 0.05) is 22.1 Å².